The molecule has 2 N–H and O–H groups in total. The van der Waals surface area contributed by atoms with Crippen LogP contribution in [-0.4, -0.2) is 38.2 Å². The number of carbonyl (C=O) groups excluding carboxylic acids is 1. The Balaban J connectivity index is 1.92. The van der Waals surface area contributed by atoms with Crippen LogP contribution in [0.15, 0.2) is 59.7 Å². The molecule has 1 amide bonds. The van der Waals surface area contributed by atoms with E-state index in [-0.39, 0.29) is 12.5 Å². The minimum atomic E-state index is -0.416. The molecular weight excluding hydrogens is 444 g/mol. The van der Waals surface area contributed by atoms with Gasteiger partial charge in [0.2, 0.25) is 11.7 Å². The third-order valence-corrected chi connectivity index (χ3v) is 4.97. The number of nitrogens with one attached hydrogen (secondary N) is 2. The molecule has 0 fully saturated rings. The van der Waals surface area contributed by atoms with Gasteiger partial charge in [-0.05, 0) is 48.9 Å². The normalized spacial score (nSPS) is 11.0. The summed E-state index contributed by atoms with van der Waals surface area (Å²) in [6, 6.07) is 14.1. The summed E-state index contributed by atoms with van der Waals surface area (Å²) in [4.78, 5) is 21.9. The number of ether oxygens (including phenoxy) is 3. The summed E-state index contributed by atoms with van der Waals surface area (Å²) in [6.07, 6.45) is 1.69. The fourth-order valence-corrected chi connectivity index (χ4v) is 3.18. The predicted octanol–water partition coefficient (Wildman–Crippen LogP) is 4.47. The first-order valence-corrected chi connectivity index (χ1v) is 10.4. The van der Waals surface area contributed by atoms with Crippen LogP contribution in [-0.2, 0) is 6.54 Å². The van der Waals surface area contributed by atoms with E-state index in [1.165, 1.54) is 21.3 Å². The maximum Gasteiger partial charge on any atom is 0.258 e. The quantitative estimate of drug-likeness (QED) is 0.392. The van der Waals surface area contributed by atoms with Crippen molar-refractivity contribution in [1.29, 1.82) is 0 Å². The number of methoxy groups -OCH3 is 3. The van der Waals surface area contributed by atoms with Gasteiger partial charge in [-0.1, -0.05) is 23.7 Å². The van der Waals surface area contributed by atoms with Crippen LogP contribution in [0.4, 0.5) is 5.69 Å². The Labute approximate surface area is 197 Å². The summed E-state index contributed by atoms with van der Waals surface area (Å²) in [5, 5.41) is 6.53. The lowest BCUT2D eigenvalue weighted by Gasteiger charge is -2.16. The molecule has 0 aliphatic carbocycles. The number of hydrogen-bond acceptors (Lipinski definition) is 6. The molecule has 1 aromatic heterocycles. The van der Waals surface area contributed by atoms with Crippen LogP contribution in [0.5, 0.6) is 17.2 Å². The number of aromatic nitrogens is 1. The first kappa shape index (κ1) is 23.9. The number of carbonyl (C=O) groups is 1. The average molecular weight is 469 g/mol. The van der Waals surface area contributed by atoms with Crippen molar-refractivity contribution in [2.24, 2.45) is 4.99 Å². The minimum Gasteiger partial charge on any atom is -0.493 e. The van der Waals surface area contributed by atoms with Crippen LogP contribution in [0.25, 0.3) is 0 Å². The van der Waals surface area contributed by atoms with Gasteiger partial charge in [-0.2, -0.15) is 0 Å². The molecule has 8 nitrogen and oxygen atoms in total. The van der Waals surface area contributed by atoms with E-state index in [1.807, 2.05) is 31.2 Å². The molecule has 0 saturated carbocycles. The van der Waals surface area contributed by atoms with Gasteiger partial charge < -0.3 is 19.5 Å². The number of nitrogens with zero attached hydrogens (tertiary/aromatic N) is 2. The molecule has 3 aromatic rings. The van der Waals surface area contributed by atoms with Gasteiger partial charge in [-0.3, -0.25) is 15.1 Å². The van der Waals surface area contributed by atoms with Crippen molar-refractivity contribution in [2.45, 2.75) is 13.5 Å². The Kier molecular flexibility index (Phi) is 8.10. The Morgan fingerprint density at radius 3 is 2.36 bits per heavy atom. The zero-order chi connectivity index (χ0) is 23.8. The van der Waals surface area contributed by atoms with Crippen molar-refractivity contribution in [1.82, 2.24) is 10.3 Å². The number of rotatable bonds is 7. The van der Waals surface area contributed by atoms with Gasteiger partial charge in [0.25, 0.3) is 5.91 Å². The monoisotopic (exact) mass is 468 g/mol. The fourth-order valence-electron chi connectivity index (χ4n) is 3.01. The van der Waals surface area contributed by atoms with Crippen molar-refractivity contribution in [3.63, 3.8) is 0 Å². The van der Waals surface area contributed by atoms with E-state index in [0.29, 0.717) is 33.5 Å². The highest BCUT2D eigenvalue weighted by atomic mass is 35.5. The van der Waals surface area contributed by atoms with E-state index in [4.69, 9.17) is 25.8 Å². The third kappa shape index (κ3) is 6.14. The Bertz CT molecular complexity index is 1130. The lowest BCUT2D eigenvalue weighted by Crippen LogP contribution is -2.36. The van der Waals surface area contributed by atoms with Crippen molar-refractivity contribution in [2.75, 3.05) is 26.6 Å². The lowest BCUT2D eigenvalue weighted by atomic mass is 10.1. The van der Waals surface area contributed by atoms with Crippen LogP contribution < -0.4 is 24.8 Å². The topological polar surface area (TPSA) is 94.1 Å². The largest absolute Gasteiger partial charge is 0.493 e. The molecule has 0 bridgehead atoms. The Morgan fingerprint density at radius 1 is 1.03 bits per heavy atom. The summed E-state index contributed by atoms with van der Waals surface area (Å²) in [6.45, 7) is 2.19. The van der Waals surface area contributed by atoms with Gasteiger partial charge in [0.05, 0.1) is 33.6 Å². The van der Waals surface area contributed by atoms with E-state index in [9.17, 15) is 4.79 Å². The number of amides is 1. The van der Waals surface area contributed by atoms with Gasteiger partial charge in [0, 0.05) is 22.5 Å². The maximum absolute atomic E-state index is 13.1. The van der Waals surface area contributed by atoms with Gasteiger partial charge in [0.1, 0.15) is 0 Å². The number of benzene rings is 2. The number of aryl methyl sites for hydroxylation is 1. The first-order valence-electron chi connectivity index (χ1n) is 10.0. The van der Waals surface area contributed by atoms with Crippen LogP contribution in [0.2, 0.25) is 5.02 Å². The highest BCUT2D eigenvalue weighted by Crippen LogP contribution is 2.38. The predicted molar refractivity (Wildman–Crippen MR) is 129 cm³/mol. The minimum absolute atomic E-state index is 0.241. The highest BCUT2D eigenvalue weighted by Gasteiger charge is 2.18. The van der Waals surface area contributed by atoms with E-state index >= 15 is 0 Å². The van der Waals surface area contributed by atoms with Gasteiger partial charge in [0.15, 0.2) is 11.5 Å². The molecule has 0 atom stereocenters. The standard InChI is InChI=1S/C24H25ClN4O4/c1-15-8-9-17(25)13-19(15)28-24(27-14-18-7-5-6-10-26-18)29-23(30)16-11-20(31-2)22(33-4)21(12-16)32-3/h5-13H,14H2,1-4H3,(H2,27,28,29,30). The zero-order valence-corrected chi connectivity index (χ0v) is 19.6. The van der Waals surface area contributed by atoms with E-state index in [0.717, 1.165) is 11.3 Å². The third-order valence-electron chi connectivity index (χ3n) is 4.74. The number of aliphatic imine (C=N–C) groups is 1. The molecule has 9 heteroatoms. The van der Waals surface area contributed by atoms with E-state index in [2.05, 4.69) is 20.6 Å². The molecule has 0 saturated heterocycles. The number of pyridine rings is 1. The van der Waals surface area contributed by atoms with E-state index in [1.54, 1.807) is 30.5 Å². The zero-order valence-electron chi connectivity index (χ0n) is 18.8. The number of anilines is 1. The second kappa shape index (κ2) is 11.2. The van der Waals surface area contributed by atoms with Crippen molar-refractivity contribution >= 4 is 29.2 Å². The Hall–Kier alpha value is -3.78. The molecule has 33 heavy (non-hydrogen) atoms. The molecule has 0 unspecified atom stereocenters. The van der Waals surface area contributed by atoms with Crippen molar-refractivity contribution in [3.8, 4) is 17.2 Å². The second-order valence-electron chi connectivity index (χ2n) is 6.94. The second-order valence-corrected chi connectivity index (χ2v) is 7.37. The summed E-state index contributed by atoms with van der Waals surface area (Å²) >= 11 is 6.15. The van der Waals surface area contributed by atoms with Crippen LogP contribution in [0.3, 0.4) is 0 Å². The van der Waals surface area contributed by atoms with Gasteiger partial charge in [-0.15, -0.1) is 0 Å². The fraction of sp³-hybridized carbons (Fsp3) is 0.208. The molecule has 0 aliphatic heterocycles. The van der Waals surface area contributed by atoms with Gasteiger partial charge >= 0.3 is 0 Å². The lowest BCUT2D eigenvalue weighted by molar-refractivity contribution is 0.0976. The summed E-state index contributed by atoms with van der Waals surface area (Å²) < 4.78 is 16.0. The smallest absolute Gasteiger partial charge is 0.258 e. The molecule has 2 aromatic carbocycles. The van der Waals surface area contributed by atoms with Gasteiger partial charge in [-0.25, -0.2) is 4.99 Å². The number of guanidine groups is 1. The molecule has 1 heterocycles. The SMILES string of the molecule is COc1cc(C(=O)NC(=NCc2ccccn2)Nc2cc(Cl)ccc2C)cc(OC)c1OC. The van der Waals surface area contributed by atoms with Crippen LogP contribution in [0, 0.1) is 6.92 Å². The molecule has 0 spiro atoms. The Morgan fingerprint density at radius 2 is 1.76 bits per heavy atom. The average Bonchev–Trinajstić information content (AvgIpc) is 2.84. The summed E-state index contributed by atoms with van der Waals surface area (Å²) in [5.74, 6) is 0.958. The summed E-state index contributed by atoms with van der Waals surface area (Å²) in [5.41, 5.74) is 2.71. The number of hydrogen-bond donors (Lipinski definition) is 2. The number of halogens is 1. The molecular formula is C24H25ClN4O4. The summed E-state index contributed by atoms with van der Waals surface area (Å²) in [7, 11) is 4.48. The van der Waals surface area contributed by atoms with Crippen molar-refractivity contribution in [3.05, 3.63) is 76.6 Å². The van der Waals surface area contributed by atoms with Crippen molar-refractivity contribution < 1.29 is 19.0 Å². The van der Waals surface area contributed by atoms with Crippen LogP contribution >= 0.6 is 11.6 Å². The first-order chi connectivity index (χ1) is 15.9. The van der Waals surface area contributed by atoms with E-state index < -0.39 is 5.91 Å². The highest BCUT2D eigenvalue weighted by molar-refractivity contribution is 6.31. The molecule has 0 aliphatic rings. The molecule has 3 rings (SSSR count). The molecule has 0 radical (unpaired) electrons. The molecule has 172 valence electrons. The van der Waals surface area contributed by atoms with Crippen LogP contribution in [0.1, 0.15) is 21.6 Å². The maximum atomic E-state index is 13.1.